The summed E-state index contributed by atoms with van der Waals surface area (Å²) >= 11 is 9.48. The average molecular weight is 360 g/mol. The second-order valence-corrected chi connectivity index (χ2v) is 6.23. The van der Waals surface area contributed by atoms with Crippen molar-refractivity contribution < 1.29 is 4.79 Å². The zero-order valence-corrected chi connectivity index (χ0v) is 13.5. The first kappa shape index (κ1) is 14.3. The third kappa shape index (κ3) is 3.17. The van der Waals surface area contributed by atoms with E-state index in [4.69, 9.17) is 11.6 Å². The van der Waals surface area contributed by atoms with Crippen molar-refractivity contribution in [3.63, 3.8) is 0 Å². The Labute approximate surface area is 136 Å². The van der Waals surface area contributed by atoms with Crippen LogP contribution < -0.4 is 0 Å². The van der Waals surface area contributed by atoms with Gasteiger partial charge in [0.2, 0.25) is 0 Å². The van der Waals surface area contributed by atoms with E-state index in [0.717, 1.165) is 15.4 Å². The maximum atomic E-state index is 12.4. The van der Waals surface area contributed by atoms with Crippen LogP contribution in [-0.4, -0.2) is 5.78 Å². The van der Waals surface area contributed by atoms with Crippen molar-refractivity contribution >= 4 is 44.1 Å². The van der Waals surface area contributed by atoms with Crippen molar-refractivity contribution in [2.75, 3.05) is 0 Å². The number of carbonyl (C=O) groups excluding carboxylic acids is 1. The third-order valence-corrected chi connectivity index (χ3v) is 4.22. The smallest absolute Gasteiger partial charge is 0.168 e. The number of hydrogen-bond acceptors (Lipinski definition) is 1. The van der Waals surface area contributed by atoms with E-state index in [-0.39, 0.29) is 5.78 Å². The SMILES string of the molecule is O=C(Cc1ccc2ccccc2c1)c1ccc(Br)cc1Cl. The molecular formula is C18H12BrClO. The predicted molar refractivity (Wildman–Crippen MR) is 91.1 cm³/mol. The third-order valence-electron chi connectivity index (χ3n) is 3.41. The summed E-state index contributed by atoms with van der Waals surface area (Å²) in [5.41, 5.74) is 1.56. The van der Waals surface area contributed by atoms with Crippen molar-refractivity contribution in [2.45, 2.75) is 6.42 Å². The Hall–Kier alpha value is -1.64. The van der Waals surface area contributed by atoms with Crippen LogP contribution in [-0.2, 0) is 6.42 Å². The zero-order valence-electron chi connectivity index (χ0n) is 11.1. The molecule has 0 bridgehead atoms. The van der Waals surface area contributed by atoms with Gasteiger partial charge in [-0.3, -0.25) is 4.79 Å². The molecule has 0 radical (unpaired) electrons. The summed E-state index contributed by atoms with van der Waals surface area (Å²) < 4.78 is 0.870. The number of fused-ring (bicyclic) bond motifs is 1. The quantitative estimate of drug-likeness (QED) is 0.550. The van der Waals surface area contributed by atoms with Gasteiger partial charge < -0.3 is 0 Å². The fourth-order valence-corrected chi connectivity index (χ4v) is 3.12. The molecule has 104 valence electrons. The largest absolute Gasteiger partial charge is 0.294 e. The molecule has 3 aromatic rings. The molecule has 1 nitrogen and oxygen atoms in total. The minimum Gasteiger partial charge on any atom is -0.294 e. The van der Waals surface area contributed by atoms with Crippen molar-refractivity contribution in [3.8, 4) is 0 Å². The van der Waals surface area contributed by atoms with Gasteiger partial charge in [0, 0.05) is 16.5 Å². The highest BCUT2D eigenvalue weighted by molar-refractivity contribution is 9.10. The first-order valence-corrected chi connectivity index (χ1v) is 7.76. The van der Waals surface area contributed by atoms with Gasteiger partial charge in [0.05, 0.1) is 5.02 Å². The zero-order chi connectivity index (χ0) is 14.8. The molecule has 3 aromatic carbocycles. The molecule has 3 rings (SSSR count). The number of hydrogen-bond donors (Lipinski definition) is 0. The molecule has 0 spiro atoms. The van der Waals surface area contributed by atoms with Gasteiger partial charge in [-0.1, -0.05) is 70.0 Å². The van der Waals surface area contributed by atoms with Gasteiger partial charge in [0.1, 0.15) is 0 Å². The van der Waals surface area contributed by atoms with Gasteiger partial charge in [-0.15, -0.1) is 0 Å². The van der Waals surface area contributed by atoms with E-state index in [1.54, 1.807) is 12.1 Å². The van der Waals surface area contributed by atoms with Crippen LogP contribution in [0, 0.1) is 0 Å². The van der Waals surface area contributed by atoms with Crippen molar-refractivity contribution in [2.24, 2.45) is 0 Å². The Kier molecular flexibility index (Phi) is 4.09. The van der Waals surface area contributed by atoms with E-state index in [9.17, 15) is 4.79 Å². The standard InChI is InChI=1S/C18H12BrClO/c19-15-7-8-16(17(20)11-15)18(21)10-12-5-6-13-3-1-2-4-14(13)9-12/h1-9,11H,10H2. The highest BCUT2D eigenvalue weighted by atomic mass is 79.9. The number of halogens is 2. The van der Waals surface area contributed by atoms with Crippen LogP contribution >= 0.6 is 27.5 Å². The molecule has 0 aromatic heterocycles. The summed E-state index contributed by atoms with van der Waals surface area (Å²) in [5, 5.41) is 2.80. The van der Waals surface area contributed by atoms with Gasteiger partial charge >= 0.3 is 0 Å². The fraction of sp³-hybridized carbons (Fsp3) is 0.0556. The Morgan fingerprint density at radius 2 is 1.71 bits per heavy atom. The first-order valence-electron chi connectivity index (χ1n) is 6.59. The second kappa shape index (κ2) is 6.00. The number of benzene rings is 3. The topological polar surface area (TPSA) is 17.1 Å². The lowest BCUT2D eigenvalue weighted by Gasteiger charge is -2.06. The Morgan fingerprint density at radius 1 is 0.952 bits per heavy atom. The van der Waals surface area contributed by atoms with E-state index < -0.39 is 0 Å². The van der Waals surface area contributed by atoms with Crippen LogP contribution in [0.4, 0.5) is 0 Å². The van der Waals surface area contributed by atoms with Gasteiger partial charge in [0.25, 0.3) is 0 Å². The molecule has 3 heteroatoms. The molecule has 21 heavy (non-hydrogen) atoms. The number of rotatable bonds is 3. The van der Waals surface area contributed by atoms with E-state index >= 15 is 0 Å². The van der Waals surface area contributed by atoms with Crippen LogP contribution in [0.25, 0.3) is 10.8 Å². The summed E-state index contributed by atoms with van der Waals surface area (Å²) in [6, 6.07) is 19.6. The van der Waals surface area contributed by atoms with Gasteiger partial charge in [-0.2, -0.15) is 0 Å². The van der Waals surface area contributed by atoms with Gasteiger partial charge in [-0.25, -0.2) is 0 Å². The van der Waals surface area contributed by atoms with E-state index in [0.29, 0.717) is 17.0 Å². The summed E-state index contributed by atoms with van der Waals surface area (Å²) in [7, 11) is 0. The van der Waals surface area contributed by atoms with Crippen LogP contribution in [0.2, 0.25) is 5.02 Å². The summed E-state index contributed by atoms with van der Waals surface area (Å²) in [6.45, 7) is 0. The van der Waals surface area contributed by atoms with Crippen LogP contribution in [0.1, 0.15) is 15.9 Å². The summed E-state index contributed by atoms with van der Waals surface area (Å²) in [4.78, 5) is 12.4. The van der Waals surface area contributed by atoms with Crippen LogP contribution in [0.5, 0.6) is 0 Å². The number of carbonyl (C=O) groups is 1. The molecule has 0 fully saturated rings. The Balaban J connectivity index is 1.89. The van der Waals surface area contributed by atoms with E-state index in [2.05, 4.69) is 34.1 Å². The molecule has 0 saturated heterocycles. The average Bonchev–Trinajstić information content (AvgIpc) is 2.47. The Bertz CT molecular complexity index is 826. The van der Waals surface area contributed by atoms with Crippen LogP contribution in [0.15, 0.2) is 65.1 Å². The number of ketones is 1. The normalized spacial score (nSPS) is 10.8. The molecule has 0 amide bonds. The summed E-state index contributed by atoms with van der Waals surface area (Å²) in [5.74, 6) is 0.0304. The molecule has 0 unspecified atom stereocenters. The minimum absolute atomic E-state index is 0.0304. The monoisotopic (exact) mass is 358 g/mol. The van der Waals surface area contributed by atoms with Crippen LogP contribution in [0.3, 0.4) is 0 Å². The molecule has 0 heterocycles. The lowest BCUT2D eigenvalue weighted by Crippen LogP contribution is -2.04. The second-order valence-electron chi connectivity index (χ2n) is 4.91. The number of Topliss-reactive ketones (excluding diaryl/α,β-unsaturated/α-hetero) is 1. The molecule has 0 aliphatic heterocycles. The minimum atomic E-state index is 0.0304. The Morgan fingerprint density at radius 3 is 2.48 bits per heavy atom. The molecule has 0 aliphatic rings. The maximum absolute atomic E-state index is 12.4. The van der Waals surface area contributed by atoms with Crippen molar-refractivity contribution in [1.82, 2.24) is 0 Å². The lowest BCUT2D eigenvalue weighted by molar-refractivity contribution is 0.0993. The molecule has 0 aliphatic carbocycles. The summed E-state index contributed by atoms with van der Waals surface area (Å²) in [6.07, 6.45) is 0.353. The lowest BCUT2D eigenvalue weighted by atomic mass is 10.0. The van der Waals surface area contributed by atoms with Crippen molar-refractivity contribution in [1.29, 1.82) is 0 Å². The maximum Gasteiger partial charge on any atom is 0.168 e. The van der Waals surface area contributed by atoms with Gasteiger partial charge in [0.15, 0.2) is 5.78 Å². The molecule has 0 atom stereocenters. The fourth-order valence-electron chi connectivity index (χ4n) is 2.34. The first-order chi connectivity index (χ1) is 10.1. The van der Waals surface area contributed by atoms with E-state index in [1.807, 2.05) is 30.3 Å². The van der Waals surface area contributed by atoms with Crippen molar-refractivity contribution in [3.05, 3.63) is 81.3 Å². The van der Waals surface area contributed by atoms with E-state index in [1.165, 1.54) is 5.39 Å². The molecule has 0 N–H and O–H groups in total. The molecular weight excluding hydrogens is 348 g/mol. The highest BCUT2D eigenvalue weighted by Crippen LogP contribution is 2.23. The van der Waals surface area contributed by atoms with Gasteiger partial charge in [-0.05, 0) is 34.5 Å². The predicted octanol–water partition coefficient (Wildman–Crippen LogP) is 5.68. The highest BCUT2D eigenvalue weighted by Gasteiger charge is 2.11. The molecule has 0 saturated carbocycles.